The summed E-state index contributed by atoms with van der Waals surface area (Å²) in [4.78, 5) is 6.79. The first-order valence-electron chi connectivity index (χ1n) is 6.40. The number of rotatable bonds is 5. The fraction of sp³-hybridized carbons (Fsp3) is 0.643. The lowest BCUT2D eigenvalue weighted by atomic mass is 10.1. The maximum atomic E-state index is 4.41. The van der Waals surface area contributed by atoms with E-state index < -0.39 is 0 Å². The molecule has 1 aromatic heterocycles. The van der Waals surface area contributed by atoms with Gasteiger partial charge in [0.05, 0.1) is 11.7 Å². The van der Waals surface area contributed by atoms with Crippen LogP contribution in [0.1, 0.15) is 52.3 Å². The van der Waals surface area contributed by atoms with Gasteiger partial charge in [0.1, 0.15) is 0 Å². The summed E-state index contributed by atoms with van der Waals surface area (Å²) in [5.74, 6) is 0. The maximum Gasteiger partial charge on any atom is 0.0575 e. The Balaban J connectivity index is 0.00000106. The average Bonchev–Trinajstić information content (AvgIpc) is 2.34. The van der Waals surface area contributed by atoms with Gasteiger partial charge >= 0.3 is 0 Å². The van der Waals surface area contributed by atoms with Crippen LogP contribution in [0.2, 0.25) is 0 Å². The third-order valence-corrected chi connectivity index (χ3v) is 2.52. The van der Waals surface area contributed by atoms with Crippen LogP contribution in [0.15, 0.2) is 24.4 Å². The van der Waals surface area contributed by atoms with E-state index in [0.29, 0.717) is 6.04 Å². The van der Waals surface area contributed by atoms with Crippen molar-refractivity contribution in [3.63, 3.8) is 0 Å². The Morgan fingerprint density at radius 2 is 1.94 bits per heavy atom. The molecule has 1 unspecified atom stereocenters. The minimum atomic E-state index is 0.469. The van der Waals surface area contributed by atoms with Gasteiger partial charge in [0, 0.05) is 6.20 Å². The van der Waals surface area contributed by atoms with Crippen molar-refractivity contribution in [2.75, 3.05) is 13.6 Å². The third kappa shape index (κ3) is 4.75. The first-order valence-corrected chi connectivity index (χ1v) is 6.40. The quantitative estimate of drug-likeness (QED) is 0.751. The van der Waals surface area contributed by atoms with Gasteiger partial charge < -0.3 is 0 Å². The van der Waals surface area contributed by atoms with Crippen LogP contribution in [0.5, 0.6) is 0 Å². The molecule has 1 aromatic rings. The molecular weight excluding hydrogens is 196 g/mol. The molecule has 1 heterocycles. The van der Waals surface area contributed by atoms with Gasteiger partial charge in [-0.05, 0) is 38.6 Å². The van der Waals surface area contributed by atoms with E-state index >= 15 is 0 Å². The van der Waals surface area contributed by atoms with Crippen molar-refractivity contribution in [1.82, 2.24) is 9.88 Å². The van der Waals surface area contributed by atoms with Gasteiger partial charge in [-0.25, -0.2) is 0 Å². The SMILES string of the molecule is CC.CCCN(C)C(CC)c1ccccn1. The van der Waals surface area contributed by atoms with Crippen molar-refractivity contribution in [2.24, 2.45) is 0 Å². The molecule has 1 atom stereocenters. The van der Waals surface area contributed by atoms with Crippen molar-refractivity contribution in [3.05, 3.63) is 30.1 Å². The molecule has 0 fully saturated rings. The van der Waals surface area contributed by atoms with Crippen molar-refractivity contribution >= 4 is 0 Å². The predicted molar refractivity (Wildman–Crippen MR) is 71.5 cm³/mol. The standard InChI is InChI=1S/C12H20N2.C2H6/c1-4-10-14(3)12(5-2)11-8-6-7-9-13-11;1-2/h6-9,12H,4-5,10H2,1-3H3;1-2H3. The summed E-state index contributed by atoms with van der Waals surface area (Å²) in [5, 5.41) is 0. The summed E-state index contributed by atoms with van der Waals surface area (Å²) in [6, 6.07) is 6.61. The minimum absolute atomic E-state index is 0.469. The van der Waals surface area contributed by atoms with E-state index in [1.54, 1.807) is 0 Å². The van der Waals surface area contributed by atoms with Crippen LogP contribution in [-0.4, -0.2) is 23.5 Å². The Morgan fingerprint density at radius 1 is 1.25 bits per heavy atom. The van der Waals surface area contributed by atoms with E-state index in [2.05, 4.69) is 42.9 Å². The van der Waals surface area contributed by atoms with Crippen molar-refractivity contribution < 1.29 is 0 Å². The van der Waals surface area contributed by atoms with E-state index in [-0.39, 0.29) is 0 Å². The maximum absolute atomic E-state index is 4.41. The third-order valence-electron chi connectivity index (χ3n) is 2.52. The van der Waals surface area contributed by atoms with Gasteiger partial charge in [0.25, 0.3) is 0 Å². The first-order chi connectivity index (χ1) is 7.79. The van der Waals surface area contributed by atoms with Crippen LogP contribution in [0, 0.1) is 0 Å². The molecule has 2 nitrogen and oxygen atoms in total. The molecule has 0 saturated carbocycles. The second-order valence-corrected chi connectivity index (χ2v) is 3.66. The molecule has 0 bridgehead atoms. The highest BCUT2D eigenvalue weighted by molar-refractivity contribution is 5.08. The molecule has 0 aliphatic heterocycles. The van der Waals surface area contributed by atoms with Crippen LogP contribution in [0.3, 0.4) is 0 Å². The molecule has 92 valence electrons. The zero-order valence-electron chi connectivity index (χ0n) is 11.4. The van der Waals surface area contributed by atoms with Crippen molar-refractivity contribution in [2.45, 2.75) is 46.6 Å². The highest BCUT2D eigenvalue weighted by Gasteiger charge is 2.14. The number of aromatic nitrogens is 1. The summed E-state index contributed by atoms with van der Waals surface area (Å²) in [6.45, 7) is 9.56. The molecule has 1 rings (SSSR count). The molecule has 0 spiro atoms. The summed E-state index contributed by atoms with van der Waals surface area (Å²) >= 11 is 0. The van der Waals surface area contributed by atoms with Gasteiger partial charge in [-0.1, -0.05) is 33.8 Å². The molecule has 16 heavy (non-hydrogen) atoms. The van der Waals surface area contributed by atoms with Crippen LogP contribution in [0.4, 0.5) is 0 Å². The van der Waals surface area contributed by atoms with Gasteiger partial charge in [-0.15, -0.1) is 0 Å². The Kier molecular flexibility index (Phi) is 8.82. The number of pyridine rings is 1. The molecule has 0 radical (unpaired) electrons. The van der Waals surface area contributed by atoms with E-state index in [4.69, 9.17) is 0 Å². The Labute approximate surface area is 101 Å². The number of hydrogen-bond acceptors (Lipinski definition) is 2. The van der Waals surface area contributed by atoms with Gasteiger partial charge in [0.15, 0.2) is 0 Å². The first kappa shape index (κ1) is 15.1. The lowest BCUT2D eigenvalue weighted by molar-refractivity contribution is 0.235. The van der Waals surface area contributed by atoms with Gasteiger partial charge in [-0.3, -0.25) is 9.88 Å². The number of nitrogens with zero attached hydrogens (tertiary/aromatic N) is 2. The van der Waals surface area contributed by atoms with E-state index in [0.717, 1.165) is 13.0 Å². The molecule has 0 aliphatic carbocycles. The zero-order valence-corrected chi connectivity index (χ0v) is 11.4. The molecule has 0 amide bonds. The molecular formula is C14H26N2. The Bertz CT molecular complexity index is 246. The van der Waals surface area contributed by atoms with Crippen molar-refractivity contribution in [1.29, 1.82) is 0 Å². The van der Waals surface area contributed by atoms with Crippen LogP contribution in [-0.2, 0) is 0 Å². The lowest BCUT2D eigenvalue weighted by Crippen LogP contribution is -2.25. The molecule has 0 saturated heterocycles. The van der Waals surface area contributed by atoms with E-state index in [1.165, 1.54) is 12.1 Å². The lowest BCUT2D eigenvalue weighted by Gasteiger charge is -2.26. The summed E-state index contributed by atoms with van der Waals surface area (Å²) in [6.07, 6.45) is 4.19. The van der Waals surface area contributed by atoms with E-state index in [1.807, 2.05) is 26.1 Å². The van der Waals surface area contributed by atoms with Crippen LogP contribution in [0.25, 0.3) is 0 Å². The van der Waals surface area contributed by atoms with Crippen LogP contribution >= 0.6 is 0 Å². The minimum Gasteiger partial charge on any atom is -0.298 e. The smallest absolute Gasteiger partial charge is 0.0575 e. The monoisotopic (exact) mass is 222 g/mol. The Morgan fingerprint density at radius 3 is 2.38 bits per heavy atom. The molecule has 2 heteroatoms. The molecule has 0 aromatic carbocycles. The highest BCUT2D eigenvalue weighted by Crippen LogP contribution is 2.20. The average molecular weight is 222 g/mol. The summed E-state index contributed by atoms with van der Waals surface area (Å²) in [5.41, 5.74) is 1.19. The number of hydrogen-bond donors (Lipinski definition) is 0. The zero-order chi connectivity index (χ0) is 12.4. The highest BCUT2D eigenvalue weighted by atomic mass is 15.1. The fourth-order valence-electron chi connectivity index (χ4n) is 1.83. The summed E-state index contributed by atoms with van der Waals surface area (Å²) in [7, 11) is 2.17. The van der Waals surface area contributed by atoms with Crippen molar-refractivity contribution in [3.8, 4) is 0 Å². The predicted octanol–water partition coefficient (Wildman–Crippen LogP) is 3.90. The van der Waals surface area contributed by atoms with Gasteiger partial charge in [0.2, 0.25) is 0 Å². The Hall–Kier alpha value is -0.890. The molecule has 0 aliphatic rings. The molecule has 0 N–H and O–H groups in total. The van der Waals surface area contributed by atoms with Crippen LogP contribution < -0.4 is 0 Å². The van der Waals surface area contributed by atoms with Gasteiger partial charge in [-0.2, -0.15) is 0 Å². The second-order valence-electron chi connectivity index (χ2n) is 3.66. The second kappa shape index (κ2) is 9.34. The largest absolute Gasteiger partial charge is 0.298 e. The normalized spacial score (nSPS) is 11.9. The topological polar surface area (TPSA) is 16.1 Å². The fourth-order valence-corrected chi connectivity index (χ4v) is 1.83. The van der Waals surface area contributed by atoms with E-state index in [9.17, 15) is 0 Å². The summed E-state index contributed by atoms with van der Waals surface area (Å²) < 4.78 is 0.